The Morgan fingerprint density at radius 1 is 1.07 bits per heavy atom. The monoisotopic (exact) mass is 388 g/mol. The van der Waals surface area contributed by atoms with Crippen molar-refractivity contribution in [3.05, 3.63) is 47.2 Å². The molecule has 1 aromatic carbocycles. The maximum Gasteiger partial charge on any atom is 0.192 e. The quantitative estimate of drug-likeness (QED) is 0.542. The minimum absolute atomic E-state index is 0.0975. The molecule has 0 bridgehead atoms. The number of rotatable bonds is 6. The van der Waals surface area contributed by atoms with E-state index in [0.717, 1.165) is 19.3 Å². The molecule has 1 aromatic rings. The van der Waals surface area contributed by atoms with E-state index >= 15 is 0 Å². The molecular weight excluding hydrogens is 352 g/mol. The molecule has 2 aliphatic rings. The molecule has 27 heavy (non-hydrogen) atoms. The van der Waals surface area contributed by atoms with Gasteiger partial charge in [-0.1, -0.05) is 51.1 Å². The molecule has 0 aromatic heterocycles. The van der Waals surface area contributed by atoms with Crippen molar-refractivity contribution in [2.45, 2.75) is 89.8 Å². The van der Waals surface area contributed by atoms with Gasteiger partial charge in [0.2, 0.25) is 0 Å². The highest BCUT2D eigenvalue weighted by atomic mass is 28.4. The van der Waals surface area contributed by atoms with E-state index in [0.29, 0.717) is 13.2 Å². The summed E-state index contributed by atoms with van der Waals surface area (Å²) in [7, 11) is -1.81. The molecular formula is C23H36O3Si. The summed E-state index contributed by atoms with van der Waals surface area (Å²) in [4.78, 5) is 0. The zero-order chi connectivity index (χ0) is 19.5. The summed E-state index contributed by atoms with van der Waals surface area (Å²) in [6.45, 7) is 12.9. The molecule has 0 radical (unpaired) electrons. The molecule has 0 unspecified atom stereocenters. The Hall–Kier alpha value is -1.10. The van der Waals surface area contributed by atoms with E-state index < -0.39 is 8.32 Å². The number of hydrogen-bond acceptors (Lipinski definition) is 3. The maximum absolute atomic E-state index is 6.85. The summed E-state index contributed by atoms with van der Waals surface area (Å²) >= 11 is 0. The topological polar surface area (TPSA) is 27.7 Å². The Bertz CT molecular complexity index is 645. The van der Waals surface area contributed by atoms with Crippen molar-refractivity contribution in [2.75, 3.05) is 6.61 Å². The minimum atomic E-state index is -1.81. The minimum Gasteiger partial charge on any atom is -0.492 e. The van der Waals surface area contributed by atoms with E-state index in [9.17, 15) is 0 Å². The fourth-order valence-electron chi connectivity index (χ4n) is 3.64. The van der Waals surface area contributed by atoms with Crippen LogP contribution in [0.4, 0.5) is 0 Å². The summed E-state index contributed by atoms with van der Waals surface area (Å²) in [5.41, 5.74) is 2.64. The number of hydrogen-bond donors (Lipinski definition) is 0. The van der Waals surface area contributed by atoms with Gasteiger partial charge >= 0.3 is 0 Å². The Labute approximate surface area is 166 Å². The van der Waals surface area contributed by atoms with Gasteiger partial charge in [0.15, 0.2) is 8.32 Å². The van der Waals surface area contributed by atoms with E-state index in [1.807, 2.05) is 6.07 Å². The van der Waals surface area contributed by atoms with Gasteiger partial charge < -0.3 is 13.9 Å². The van der Waals surface area contributed by atoms with Gasteiger partial charge in [-0.3, -0.25) is 0 Å². The van der Waals surface area contributed by atoms with Crippen LogP contribution in [0.3, 0.4) is 0 Å². The second kappa shape index (κ2) is 8.50. The number of benzene rings is 1. The lowest BCUT2D eigenvalue weighted by atomic mass is 9.89. The normalized spacial score (nSPS) is 23.7. The van der Waals surface area contributed by atoms with E-state index in [1.54, 1.807) is 0 Å². The third-order valence-corrected chi connectivity index (χ3v) is 10.8. The average Bonchev–Trinajstić information content (AvgIpc) is 2.61. The molecule has 0 fully saturated rings. The first-order valence-electron chi connectivity index (χ1n) is 10.4. The van der Waals surface area contributed by atoms with E-state index in [-0.39, 0.29) is 17.2 Å². The van der Waals surface area contributed by atoms with Crippen molar-refractivity contribution in [1.29, 1.82) is 0 Å². The molecule has 0 N–H and O–H groups in total. The van der Waals surface area contributed by atoms with Crippen LogP contribution in [0, 0.1) is 0 Å². The summed E-state index contributed by atoms with van der Waals surface area (Å²) in [6, 6.07) is 10.4. The molecule has 0 saturated heterocycles. The summed E-state index contributed by atoms with van der Waals surface area (Å²) < 4.78 is 19.2. The molecule has 0 saturated carbocycles. The SMILES string of the molecule is CC(C)(C)[Si](C)(C)O[C@@H]1C[C@H](COCc2ccccc2)OC2=C1CCCC2. The second-order valence-electron chi connectivity index (χ2n) is 9.50. The Kier molecular flexibility index (Phi) is 6.49. The van der Waals surface area contributed by atoms with Crippen LogP contribution in [0.25, 0.3) is 0 Å². The van der Waals surface area contributed by atoms with E-state index in [2.05, 4.69) is 58.1 Å². The largest absolute Gasteiger partial charge is 0.492 e. The van der Waals surface area contributed by atoms with Crippen LogP contribution in [-0.2, 0) is 20.5 Å². The lowest BCUT2D eigenvalue weighted by Crippen LogP contribution is -2.47. The molecule has 1 heterocycles. The van der Waals surface area contributed by atoms with Gasteiger partial charge in [-0.25, -0.2) is 0 Å². The first kappa shape index (κ1) is 20.6. The van der Waals surface area contributed by atoms with Gasteiger partial charge in [0.25, 0.3) is 0 Å². The predicted molar refractivity (Wildman–Crippen MR) is 113 cm³/mol. The van der Waals surface area contributed by atoms with Crippen molar-refractivity contribution in [2.24, 2.45) is 0 Å². The van der Waals surface area contributed by atoms with Crippen LogP contribution in [0.2, 0.25) is 18.1 Å². The molecule has 0 amide bonds. The van der Waals surface area contributed by atoms with Crippen molar-refractivity contribution in [1.82, 2.24) is 0 Å². The molecule has 0 spiro atoms. The van der Waals surface area contributed by atoms with E-state index in [1.165, 1.54) is 29.7 Å². The lowest BCUT2D eigenvalue weighted by Gasteiger charge is -2.44. The van der Waals surface area contributed by atoms with Crippen molar-refractivity contribution >= 4 is 8.32 Å². The molecule has 1 aliphatic heterocycles. The van der Waals surface area contributed by atoms with Crippen LogP contribution >= 0.6 is 0 Å². The van der Waals surface area contributed by atoms with Gasteiger partial charge in [0.05, 0.1) is 25.1 Å². The average molecular weight is 389 g/mol. The van der Waals surface area contributed by atoms with Gasteiger partial charge in [-0.15, -0.1) is 0 Å². The van der Waals surface area contributed by atoms with Crippen molar-refractivity contribution in [3.8, 4) is 0 Å². The van der Waals surface area contributed by atoms with Crippen LogP contribution in [-0.4, -0.2) is 27.1 Å². The third-order valence-electron chi connectivity index (χ3n) is 6.29. The van der Waals surface area contributed by atoms with Gasteiger partial charge in [-0.2, -0.15) is 0 Å². The second-order valence-corrected chi connectivity index (χ2v) is 14.3. The molecule has 3 nitrogen and oxygen atoms in total. The summed E-state index contributed by atoms with van der Waals surface area (Å²) in [6.07, 6.45) is 5.90. The molecule has 3 rings (SSSR count). The highest BCUT2D eigenvalue weighted by molar-refractivity contribution is 6.74. The van der Waals surface area contributed by atoms with Gasteiger partial charge in [-0.05, 0) is 48.5 Å². The number of allylic oxidation sites excluding steroid dienone is 1. The summed E-state index contributed by atoms with van der Waals surface area (Å²) in [5, 5.41) is 0.222. The third kappa shape index (κ3) is 5.24. The fourth-order valence-corrected chi connectivity index (χ4v) is 4.95. The van der Waals surface area contributed by atoms with Crippen LogP contribution < -0.4 is 0 Å². The maximum atomic E-state index is 6.85. The van der Waals surface area contributed by atoms with Crippen LogP contribution in [0.15, 0.2) is 41.7 Å². The molecule has 4 heteroatoms. The van der Waals surface area contributed by atoms with Crippen LogP contribution in [0.5, 0.6) is 0 Å². The highest BCUT2D eigenvalue weighted by Crippen LogP contribution is 2.42. The smallest absolute Gasteiger partial charge is 0.192 e. The Morgan fingerprint density at radius 2 is 1.78 bits per heavy atom. The number of ether oxygens (including phenoxy) is 2. The van der Waals surface area contributed by atoms with Crippen LogP contribution in [0.1, 0.15) is 58.4 Å². The molecule has 2 atom stereocenters. The van der Waals surface area contributed by atoms with Crippen molar-refractivity contribution < 1.29 is 13.9 Å². The molecule has 150 valence electrons. The first-order valence-corrected chi connectivity index (χ1v) is 13.4. The Balaban J connectivity index is 1.65. The summed E-state index contributed by atoms with van der Waals surface area (Å²) in [5.74, 6) is 1.20. The standard InChI is InChI=1S/C23H36O3Si/c1-23(2,3)27(4,5)26-22-15-19(25-21-14-10-9-13-20(21)22)17-24-16-18-11-7-6-8-12-18/h6-8,11-12,19,22H,9-10,13-17H2,1-5H3/t19-,22-/m1/s1. The van der Waals surface area contributed by atoms with Gasteiger partial charge in [0.1, 0.15) is 6.10 Å². The van der Waals surface area contributed by atoms with E-state index in [4.69, 9.17) is 13.9 Å². The lowest BCUT2D eigenvalue weighted by molar-refractivity contribution is -0.0316. The van der Waals surface area contributed by atoms with Crippen molar-refractivity contribution in [3.63, 3.8) is 0 Å². The molecule has 1 aliphatic carbocycles. The Morgan fingerprint density at radius 3 is 2.48 bits per heavy atom. The van der Waals surface area contributed by atoms with Gasteiger partial charge in [0, 0.05) is 12.8 Å². The predicted octanol–water partition coefficient (Wildman–Crippen LogP) is 6.21. The zero-order valence-electron chi connectivity index (χ0n) is 17.7. The fraction of sp³-hybridized carbons (Fsp3) is 0.652. The first-order chi connectivity index (χ1) is 12.8. The zero-order valence-corrected chi connectivity index (χ0v) is 18.7. The highest BCUT2D eigenvalue weighted by Gasteiger charge is 2.42.